The summed E-state index contributed by atoms with van der Waals surface area (Å²) >= 11 is 0. The smallest absolute Gasteiger partial charge is 0.233 e. The number of carbonyl (C=O) groups excluding carboxylic acids is 1. The third-order valence-electron chi connectivity index (χ3n) is 8.09. The molecule has 3 aliphatic heterocycles. The molecule has 3 aliphatic rings. The lowest BCUT2D eigenvalue weighted by Crippen LogP contribution is -2.53. The Balaban J connectivity index is 1.27. The Morgan fingerprint density at radius 2 is 1.79 bits per heavy atom. The Morgan fingerprint density at radius 3 is 2.45 bits per heavy atom. The first kappa shape index (κ1) is 22.5. The van der Waals surface area contributed by atoms with Crippen LogP contribution >= 0.6 is 0 Å². The van der Waals surface area contributed by atoms with Gasteiger partial charge in [-0.2, -0.15) is 0 Å². The van der Waals surface area contributed by atoms with Crippen molar-refractivity contribution in [2.75, 3.05) is 32.9 Å². The van der Waals surface area contributed by atoms with Crippen molar-refractivity contribution in [3.63, 3.8) is 0 Å². The molecule has 0 saturated carbocycles. The van der Waals surface area contributed by atoms with Crippen LogP contribution in [0.5, 0.6) is 0 Å². The summed E-state index contributed by atoms with van der Waals surface area (Å²) < 4.78 is 11.9. The summed E-state index contributed by atoms with van der Waals surface area (Å²) in [5, 5.41) is 0. The van der Waals surface area contributed by atoms with Gasteiger partial charge in [0, 0.05) is 44.6 Å². The van der Waals surface area contributed by atoms with E-state index in [1.165, 1.54) is 16.7 Å². The number of rotatable bonds is 4. The van der Waals surface area contributed by atoms with Crippen LogP contribution in [0.4, 0.5) is 0 Å². The van der Waals surface area contributed by atoms with Crippen molar-refractivity contribution in [3.05, 3.63) is 65.0 Å². The van der Waals surface area contributed by atoms with E-state index in [4.69, 9.17) is 9.47 Å². The van der Waals surface area contributed by atoms with E-state index in [1.54, 1.807) is 0 Å². The highest BCUT2D eigenvalue weighted by molar-refractivity contribution is 5.88. The van der Waals surface area contributed by atoms with Gasteiger partial charge in [-0.25, -0.2) is 0 Å². The van der Waals surface area contributed by atoms with Crippen molar-refractivity contribution in [2.45, 2.75) is 63.9 Å². The van der Waals surface area contributed by atoms with Gasteiger partial charge in [-0.05, 0) is 69.1 Å². The van der Waals surface area contributed by atoms with Crippen molar-refractivity contribution in [1.29, 1.82) is 0 Å². The van der Waals surface area contributed by atoms with Gasteiger partial charge in [0.15, 0.2) is 0 Å². The number of ether oxygens (including phenoxy) is 2. The number of likely N-dealkylation sites (tertiary alicyclic amines) is 1. The zero-order valence-electron chi connectivity index (χ0n) is 20.0. The highest BCUT2D eigenvalue weighted by atomic mass is 16.5. The van der Waals surface area contributed by atoms with Crippen LogP contribution in [0.3, 0.4) is 0 Å². The Morgan fingerprint density at radius 1 is 1.06 bits per heavy atom. The predicted molar refractivity (Wildman–Crippen MR) is 128 cm³/mol. The molecular weight excluding hydrogens is 412 g/mol. The second kappa shape index (κ2) is 9.19. The maximum absolute atomic E-state index is 14.0. The van der Waals surface area contributed by atoms with E-state index in [0.717, 1.165) is 63.9 Å². The van der Waals surface area contributed by atoms with Gasteiger partial charge >= 0.3 is 0 Å². The average molecular weight is 449 g/mol. The number of nitrogens with zero attached hydrogens (tertiary/aromatic N) is 2. The molecule has 1 amide bonds. The molecule has 0 unspecified atom stereocenters. The molecule has 1 atom stereocenters. The van der Waals surface area contributed by atoms with E-state index in [1.807, 2.05) is 18.3 Å². The molecule has 0 aliphatic carbocycles. The first-order valence-corrected chi connectivity index (χ1v) is 12.5. The molecule has 3 fully saturated rings. The molecule has 4 heterocycles. The molecule has 5 nitrogen and oxygen atoms in total. The molecule has 2 aromatic rings. The fourth-order valence-corrected chi connectivity index (χ4v) is 6.21. The number of pyridine rings is 1. The standard InChI is InChI=1S/C28H36N2O3/c1-21-15-22(2)17-23(16-21)28(8-13-32-14-9-28)26(31)30-11-6-27(7-12-30)19-25(33-20-27)18-24-5-3-4-10-29-24/h3-5,10,15-17,25H,6-9,11-14,18-20H2,1-2H3/t25-/m0/s1. The minimum Gasteiger partial charge on any atom is -0.381 e. The van der Waals surface area contributed by atoms with Crippen molar-refractivity contribution >= 4 is 5.91 Å². The molecule has 5 heteroatoms. The summed E-state index contributed by atoms with van der Waals surface area (Å²) in [5.41, 5.74) is 4.48. The van der Waals surface area contributed by atoms with E-state index in [-0.39, 0.29) is 11.5 Å². The summed E-state index contributed by atoms with van der Waals surface area (Å²) in [5.74, 6) is 0.301. The summed E-state index contributed by atoms with van der Waals surface area (Å²) in [6, 6.07) is 12.7. The monoisotopic (exact) mass is 448 g/mol. The van der Waals surface area contributed by atoms with E-state index in [2.05, 4.69) is 48.0 Å². The van der Waals surface area contributed by atoms with Crippen LogP contribution in [0.25, 0.3) is 0 Å². The molecular formula is C28H36N2O3. The second-order valence-electron chi connectivity index (χ2n) is 10.5. The van der Waals surface area contributed by atoms with Crippen LogP contribution in [0.2, 0.25) is 0 Å². The zero-order chi connectivity index (χ0) is 22.9. The SMILES string of the molecule is Cc1cc(C)cc(C2(C(=O)N3CCC4(CC3)CO[C@@H](Cc3ccccn3)C4)CCOCC2)c1. The fourth-order valence-electron chi connectivity index (χ4n) is 6.21. The second-order valence-corrected chi connectivity index (χ2v) is 10.5. The van der Waals surface area contributed by atoms with Crippen LogP contribution in [-0.4, -0.2) is 54.8 Å². The van der Waals surface area contributed by atoms with E-state index in [0.29, 0.717) is 19.1 Å². The molecule has 1 aromatic heterocycles. The first-order valence-electron chi connectivity index (χ1n) is 12.5. The Bertz CT molecular complexity index is 956. The molecule has 5 rings (SSSR count). The Kier molecular flexibility index (Phi) is 6.28. The highest BCUT2D eigenvalue weighted by Gasteiger charge is 2.48. The van der Waals surface area contributed by atoms with Crippen LogP contribution in [0.1, 0.15) is 54.5 Å². The lowest BCUT2D eigenvalue weighted by molar-refractivity contribution is -0.143. The minimum absolute atomic E-state index is 0.207. The normalized spacial score (nSPS) is 24.2. The number of hydrogen-bond donors (Lipinski definition) is 0. The number of aromatic nitrogens is 1. The van der Waals surface area contributed by atoms with Crippen molar-refractivity contribution < 1.29 is 14.3 Å². The van der Waals surface area contributed by atoms with Crippen LogP contribution in [0.15, 0.2) is 42.6 Å². The van der Waals surface area contributed by atoms with Gasteiger partial charge in [0.25, 0.3) is 0 Å². The van der Waals surface area contributed by atoms with Gasteiger partial charge in [0.05, 0.1) is 18.1 Å². The summed E-state index contributed by atoms with van der Waals surface area (Å²) in [6.07, 6.45) is 7.62. The fraction of sp³-hybridized carbons (Fsp3) is 0.571. The van der Waals surface area contributed by atoms with Crippen LogP contribution in [0, 0.1) is 19.3 Å². The number of aryl methyl sites for hydroxylation is 2. The average Bonchev–Trinajstić information content (AvgIpc) is 3.21. The van der Waals surface area contributed by atoms with Gasteiger partial charge in [-0.1, -0.05) is 35.4 Å². The predicted octanol–water partition coefficient (Wildman–Crippen LogP) is 4.39. The van der Waals surface area contributed by atoms with E-state index in [9.17, 15) is 4.79 Å². The van der Waals surface area contributed by atoms with Crippen LogP contribution < -0.4 is 0 Å². The topological polar surface area (TPSA) is 51.7 Å². The van der Waals surface area contributed by atoms with Gasteiger partial charge in [-0.3, -0.25) is 9.78 Å². The number of hydrogen-bond acceptors (Lipinski definition) is 4. The lowest BCUT2D eigenvalue weighted by Gasteiger charge is -2.44. The number of benzene rings is 1. The molecule has 0 N–H and O–H groups in total. The number of piperidine rings is 1. The van der Waals surface area contributed by atoms with Gasteiger partial charge in [-0.15, -0.1) is 0 Å². The maximum Gasteiger partial charge on any atom is 0.233 e. The van der Waals surface area contributed by atoms with E-state index < -0.39 is 5.41 Å². The van der Waals surface area contributed by atoms with Gasteiger partial charge in [0.2, 0.25) is 5.91 Å². The van der Waals surface area contributed by atoms with Crippen molar-refractivity contribution in [1.82, 2.24) is 9.88 Å². The summed E-state index contributed by atoms with van der Waals surface area (Å²) in [4.78, 5) is 20.6. The number of amides is 1. The third-order valence-corrected chi connectivity index (χ3v) is 8.09. The molecule has 176 valence electrons. The summed E-state index contributed by atoms with van der Waals surface area (Å²) in [7, 11) is 0. The lowest BCUT2D eigenvalue weighted by atomic mass is 9.71. The number of carbonyl (C=O) groups is 1. The molecule has 0 radical (unpaired) electrons. The summed E-state index contributed by atoms with van der Waals surface area (Å²) in [6.45, 7) is 8.01. The first-order chi connectivity index (χ1) is 16.0. The van der Waals surface area contributed by atoms with Gasteiger partial charge in [0.1, 0.15) is 0 Å². The zero-order valence-corrected chi connectivity index (χ0v) is 20.0. The maximum atomic E-state index is 14.0. The molecule has 1 spiro atoms. The molecule has 33 heavy (non-hydrogen) atoms. The van der Waals surface area contributed by atoms with Crippen molar-refractivity contribution in [3.8, 4) is 0 Å². The molecule has 3 saturated heterocycles. The quantitative estimate of drug-likeness (QED) is 0.696. The minimum atomic E-state index is -0.451. The van der Waals surface area contributed by atoms with Gasteiger partial charge < -0.3 is 14.4 Å². The van der Waals surface area contributed by atoms with Crippen molar-refractivity contribution in [2.24, 2.45) is 5.41 Å². The van der Waals surface area contributed by atoms with Crippen LogP contribution in [-0.2, 0) is 26.1 Å². The Hall–Kier alpha value is -2.24. The third kappa shape index (κ3) is 4.58. The van der Waals surface area contributed by atoms with E-state index >= 15 is 0 Å². The largest absolute Gasteiger partial charge is 0.381 e. The Labute approximate surface area is 197 Å². The highest BCUT2D eigenvalue weighted by Crippen LogP contribution is 2.44. The molecule has 1 aromatic carbocycles. The molecule has 0 bridgehead atoms.